The summed E-state index contributed by atoms with van der Waals surface area (Å²) in [6.45, 7) is 0. The average Bonchev–Trinajstić information content (AvgIpc) is 2.42. The van der Waals surface area contributed by atoms with Crippen molar-refractivity contribution in [3.63, 3.8) is 0 Å². The summed E-state index contributed by atoms with van der Waals surface area (Å²) in [6.07, 6.45) is 2.19. The normalized spacial score (nSPS) is 15.9. The van der Waals surface area contributed by atoms with Crippen molar-refractivity contribution in [2.45, 2.75) is 24.7 Å². The van der Waals surface area contributed by atoms with Crippen LogP contribution in [0.2, 0.25) is 0 Å². The van der Waals surface area contributed by atoms with Crippen LogP contribution in [0, 0.1) is 11.6 Å². The fourth-order valence-corrected chi connectivity index (χ4v) is 2.78. The highest BCUT2D eigenvalue weighted by Crippen LogP contribution is 2.44. The molecule has 0 aliphatic heterocycles. The molecule has 1 aliphatic rings. The van der Waals surface area contributed by atoms with E-state index >= 15 is 0 Å². The second-order valence-corrected chi connectivity index (χ2v) is 5.57. The zero-order valence-corrected chi connectivity index (χ0v) is 11.8. The van der Waals surface area contributed by atoms with Gasteiger partial charge in [0.05, 0.1) is 11.1 Å². The number of aliphatic carboxylic acids is 1. The number of rotatable bonds is 4. The Labute approximate surface area is 126 Å². The van der Waals surface area contributed by atoms with E-state index in [1.807, 2.05) is 0 Å². The van der Waals surface area contributed by atoms with Crippen LogP contribution >= 0.6 is 0 Å². The van der Waals surface area contributed by atoms with Crippen LogP contribution in [-0.2, 0) is 10.2 Å². The van der Waals surface area contributed by atoms with E-state index < -0.39 is 23.0 Å². The van der Waals surface area contributed by atoms with Gasteiger partial charge < -0.3 is 10.4 Å². The fourth-order valence-electron chi connectivity index (χ4n) is 2.78. The van der Waals surface area contributed by atoms with Gasteiger partial charge in [0.1, 0.15) is 11.6 Å². The number of halogens is 2. The van der Waals surface area contributed by atoms with Crippen LogP contribution in [0.1, 0.15) is 24.8 Å². The quantitative estimate of drug-likeness (QED) is 0.889. The summed E-state index contributed by atoms with van der Waals surface area (Å²) in [5.74, 6) is -2.11. The Morgan fingerprint density at radius 1 is 1.09 bits per heavy atom. The van der Waals surface area contributed by atoms with Crippen molar-refractivity contribution in [3.05, 3.63) is 59.7 Å². The molecule has 1 fully saturated rings. The molecule has 114 valence electrons. The number of benzene rings is 2. The highest BCUT2D eigenvalue weighted by atomic mass is 19.1. The lowest BCUT2D eigenvalue weighted by atomic mass is 9.64. The Morgan fingerprint density at radius 3 is 2.27 bits per heavy atom. The first-order valence-corrected chi connectivity index (χ1v) is 7.07. The van der Waals surface area contributed by atoms with E-state index in [9.17, 15) is 18.7 Å². The second-order valence-electron chi connectivity index (χ2n) is 5.57. The summed E-state index contributed by atoms with van der Waals surface area (Å²) in [6, 6.07) is 10.2. The van der Waals surface area contributed by atoms with Gasteiger partial charge in [-0.05, 0) is 42.7 Å². The predicted molar refractivity (Wildman–Crippen MR) is 79.2 cm³/mol. The fraction of sp³-hybridized carbons (Fsp3) is 0.235. The molecule has 22 heavy (non-hydrogen) atoms. The summed E-state index contributed by atoms with van der Waals surface area (Å²) in [5.41, 5.74) is 0.774. The molecule has 1 saturated carbocycles. The van der Waals surface area contributed by atoms with Gasteiger partial charge in [-0.3, -0.25) is 4.79 Å². The molecule has 0 spiro atoms. The molecule has 2 N–H and O–H groups in total. The van der Waals surface area contributed by atoms with Gasteiger partial charge in [-0.15, -0.1) is 0 Å². The molecule has 3 rings (SSSR count). The number of carbonyl (C=O) groups is 1. The third kappa shape index (κ3) is 2.43. The van der Waals surface area contributed by atoms with Crippen molar-refractivity contribution in [1.29, 1.82) is 0 Å². The minimum absolute atomic E-state index is 0.172. The van der Waals surface area contributed by atoms with E-state index in [4.69, 9.17) is 0 Å². The zero-order valence-electron chi connectivity index (χ0n) is 11.8. The summed E-state index contributed by atoms with van der Waals surface area (Å²) in [5, 5.41) is 12.3. The lowest BCUT2D eigenvalue weighted by molar-refractivity contribution is -0.147. The van der Waals surface area contributed by atoms with E-state index in [-0.39, 0.29) is 5.69 Å². The van der Waals surface area contributed by atoms with E-state index in [0.29, 0.717) is 18.5 Å². The minimum atomic E-state index is -0.802. The number of carboxylic acids is 1. The van der Waals surface area contributed by atoms with E-state index in [2.05, 4.69) is 5.32 Å². The van der Waals surface area contributed by atoms with E-state index in [1.54, 1.807) is 24.3 Å². The number of nitrogens with one attached hydrogen (secondary N) is 1. The van der Waals surface area contributed by atoms with Gasteiger partial charge in [-0.25, -0.2) is 8.78 Å². The second kappa shape index (κ2) is 5.40. The van der Waals surface area contributed by atoms with Crippen molar-refractivity contribution in [2.24, 2.45) is 0 Å². The van der Waals surface area contributed by atoms with Crippen LogP contribution in [-0.4, -0.2) is 11.1 Å². The Balaban J connectivity index is 1.81. The maximum atomic E-state index is 13.6. The average molecular weight is 303 g/mol. The highest BCUT2D eigenvalue weighted by molar-refractivity contribution is 5.82. The molecule has 0 amide bonds. The Bertz CT molecular complexity index is 709. The first kappa shape index (κ1) is 14.5. The van der Waals surface area contributed by atoms with Crippen LogP contribution in [0.4, 0.5) is 20.2 Å². The lowest BCUT2D eigenvalue weighted by Crippen LogP contribution is -2.42. The molecule has 0 radical (unpaired) electrons. The first-order chi connectivity index (χ1) is 10.5. The van der Waals surface area contributed by atoms with Gasteiger partial charge in [0.2, 0.25) is 0 Å². The molecule has 0 aromatic heterocycles. The van der Waals surface area contributed by atoms with Gasteiger partial charge in [0, 0.05) is 11.8 Å². The molecule has 0 heterocycles. The number of hydrogen-bond donors (Lipinski definition) is 2. The molecular formula is C17H15F2NO2. The molecule has 5 heteroatoms. The molecule has 0 atom stereocenters. The summed E-state index contributed by atoms with van der Waals surface area (Å²) in [7, 11) is 0. The molecule has 1 aliphatic carbocycles. The summed E-state index contributed by atoms with van der Waals surface area (Å²) < 4.78 is 26.5. The maximum Gasteiger partial charge on any atom is 0.314 e. The van der Waals surface area contributed by atoms with E-state index in [1.165, 1.54) is 12.1 Å². The molecule has 0 saturated heterocycles. The van der Waals surface area contributed by atoms with Crippen LogP contribution in [0.3, 0.4) is 0 Å². The standard InChI is InChI=1S/C17H15F2NO2/c18-12-4-7-15(14(19)10-12)20-13-5-2-11(3-6-13)17(16(21)22)8-1-9-17/h2-7,10,20H,1,8-9H2,(H,21,22). The molecular weight excluding hydrogens is 288 g/mol. The maximum absolute atomic E-state index is 13.6. The molecule has 3 nitrogen and oxygen atoms in total. The first-order valence-electron chi connectivity index (χ1n) is 7.07. The van der Waals surface area contributed by atoms with Gasteiger partial charge in [0.15, 0.2) is 0 Å². The number of hydrogen-bond acceptors (Lipinski definition) is 2. The van der Waals surface area contributed by atoms with Gasteiger partial charge in [-0.1, -0.05) is 18.6 Å². The van der Waals surface area contributed by atoms with Crippen molar-refractivity contribution in [3.8, 4) is 0 Å². The number of carboxylic acid groups (broad SMARTS) is 1. The molecule has 2 aromatic carbocycles. The third-order valence-corrected chi connectivity index (χ3v) is 4.26. The van der Waals surface area contributed by atoms with Gasteiger partial charge >= 0.3 is 5.97 Å². The third-order valence-electron chi connectivity index (χ3n) is 4.26. The predicted octanol–water partition coefficient (Wildman–Crippen LogP) is 4.21. The number of anilines is 2. The van der Waals surface area contributed by atoms with Crippen LogP contribution in [0.5, 0.6) is 0 Å². The highest BCUT2D eigenvalue weighted by Gasteiger charge is 2.45. The topological polar surface area (TPSA) is 49.3 Å². The van der Waals surface area contributed by atoms with Crippen LogP contribution in [0.25, 0.3) is 0 Å². The minimum Gasteiger partial charge on any atom is -0.481 e. The SMILES string of the molecule is O=C(O)C1(c2ccc(Nc3ccc(F)cc3F)cc2)CCC1. The largest absolute Gasteiger partial charge is 0.481 e. The van der Waals surface area contributed by atoms with Gasteiger partial charge in [-0.2, -0.15) is 0 Å². The summed E-state index contributed by atoms with van der Waals surface area (Å²) in [4.78, 5) is 11.5. The van der Waals surface area contributed by atoms with Crippen molar-refractivity contribution in [2.75, 3.05) is 5.32 Å². The monoisotopic (exact) mass is 303 g/mol. The smallest absolute Gasteiger partial charge is 0.314 e. The molecule has 2 aromatic rings. The Kier molecular flexibility index (Phi) is 3.56. The zero-order chi connectivity index (χ0) is 15.7. The van der Waals surface area contributed by atoms with Gasteiger partial charge in [0.25, 0.3) is 0 Å². The van der Waals surface area contributed by atoms with Crippen molar-refractivity contribution in [1.82, 2.24) is 0 Å². The lowest BCUT2D eigenvalue weighted by Gasteiger charge is -2.38. The van der Waals surface area contributed by atoms with Crippen LogP contribution < -0.4 is 5.32 Å². The molecule has 0 unspecified atom stereocenters. The van der Waals surface area contributed by atoms with Crippen molar-refractivity contribution < 1.29 is 18.7 Å². The van der Waals surface area contributed by atoms with Crippen molar-refractivity contribution >= 4 is 17.3 Å². The molecule has 0 bridgehead atoms. The Morgan fingerprint density at radius 2 is 1.77 bits per heavy atom. The van der Waals surface area contributed by atoms with Crippen LogP contribution in [0.15, 0.2) is 42.5 Å². The summed E-state index contributed by atoms with van der Waals surface area (Å²) >= 11 is 0. The van der Waals surface area contributed by atoms with E-state index in [0.717, 1.165) is 18.1 Å². The Hall–Kier alpha value is -2.43.